The normalized spacial score (nSPS) is 10.5. The van der Waals surface area contributed by atoms with Crippen LogP contribution in [0, 0.1) is 20.8 Å². The zero-order chi connectivity index (χ0) is 14.0. The van der Waals surface area contributed by atoms with Crippen molar-refractivity contribution in [1.82, 2.24) is 0 Å². The summed E-state index contributed by atoms with van der Waals surface area (Å²) in [5, 5.41) is 11.0. The zero-order valence-corrected chi connectivity index (χ0v) is 11.5. The Balaban J connectivity index is 2.35. The van der Waals surface area contributed by atoms with E-state index in [1.165, 1.54) is 16.7 Å². The number of benzene rings is 2. The van der Waals surface area contributed by atoms with E-state index in [2.05, 4.69) is 32.0 Å². The highest BCUT2D eigenvalue weighted by molar-refractivity contribution is 5.86. The molecular weight excluding hydrogens is 236 g/mol. The minimum Gasteiger partial charge on any atom is -0.545 e. The van der Waals surface area contributed by atoms with E-state index in [0.717, 1.165) is 17.5 Å². The van der Waals surface area contributed by atoms with Gasteiger partial charge in [0.15, 0.2) is 0 Å². The van der Waals surface area contributed by atoms with Gasteiger partial charge in [0.25, 0.3) is 0 Å². The molecule has 2 aromatic rings. The molecular formula is C17H17O2-. The van der Waals surface area contributed by atoms with Gasteiger partial charge in [-0.2, -0.15) is 0 Å². The molecule has 0 aliphatic rings. The van der Waals surface area contributed by atoms with Gasteiger partial charge in [-0.15, -0.1) is 0 Å². The van der Waals surface area contributed by atoms with Crippen LogP contribution in [0.2, 0.25) is 0 Å². The summed E-state index contributed by atoms with van der Waals surface area (Å²) >= 11 is 0. The summed E-state index contributed by atoms with van der Waals surface area (Å²) in [7, 11) is 0. The first-order valence-electron chi connectivity index (χ1n) is 6.33. The van der Waals surface area contributed by atoms with Crippen LogP contribution in [0.5, 0.6) is 0 Å². The maximum Gasteiger partial charge on any atom is 0.0715 e. The predicted octanol–water partition coefficient (Wildman–Crippen LogP) is 2.57. The van der Waals surface area contributed by atoms with E-state index >= 15 is 0 Å². The number of aromatic carboxylic acids is 1. The van der Waals surface area contributed by atoms with E-state index in [4.69, 9.17) is 0 Å². The molecule has 0 radical (unpaired) electrons. The standard InChI is InChI=1S/C17H18O2/c1-11-4-12(2)6-14(5-11)9-15-7-13(3)8-16(10-15)17(18)19/h4-8,10H,9H2,1-3H3,(H,18,19)/p-1. The van der Waals surface area contributed by atoms with E-state index in [9.17, 15) is 9.90 Å². The van der Waals surface area contributed by atoms with Crippen molar-refractivity contribution < 1.29 is 9.90 Å². The Kier molecular flexibility index (Phi) is 3.70. The van der Waals surface area contributed by atoms with E-state index in [-0.39, 0.29) is 5.56 Å². The topological polar surface area (TPSA) is 40.1 Å². The number of rotatable bonds is 3. The molecule has 2 rings (SSSR count). The summed E-state index contributed by atoms with van der Waals surface area (Å²) in [5.74, 6) is -1.12. The quantitative estimate of drug-likeness (QED) is 0.843. The Bertz CT molecular complexity index is 607. The summed E-state index contributed by atoms with van der Waals surface area (Å²) in [6, 6.07) is 11.7. The number of carboxylic acid groups (broad SMARTS) is 1. The molecule has 19 heavy (non-hydrogen) atoms. The number of aryl methyl sites for hydroxylation is 3. The molecule has 0 saturated carbocycles. The van der Waals surface area contributed by atoms with Crippen molar-refractivity contribution in [2.75, 3.05) is 0 Å². The lowest BCUT2D eigenvalue weighted by atomic mass is 9.98. The van der Waals surface area contributed by atoms with E-state index in [0.29, 0.717) is 0 Å². The third-order valence-electron chi connectivity index (χ3n) is 3.06. The molecule has 0 aromatic heterocycles. The molecule has 2 heteroatoms. The summed E-state index contributed by atoms with van der Waals surface area (Å²) in [5.41, 5.74) is 5.85. The molecule has 0 aliphatic heterocycles. The lowest BCUT2D eigenvalue weighted by molar-refractivity contribution is -0.255. The molecule has 0 amide bonds. The molecule has 2 aromatic carbocycles. The van der Waals surface area contributed by atoms with Gasteiger partial charge in [0, 0.05) is 0 Å². The largest absolute Gasteiger partial charge is 0.545 e. The van der Waals surface area contributed by atoms with Crippen LogP contribution >= 0.6 is 0 Å². The number of carboxylic acids is 1. The first-order chi connectivity index (χ1) is 8.94. The van der Waals surface area contributed by atoms with Crippen molar-refractivity contribution in [2.24, 2.45) is 0 Å². The molecule has 0 atom stereocenters. The van der Waals surface area contributed by atoms with Crippen LogP contribution in [0.25, 0.3) is 0 Å². The number of hydrogen-bond donors (Lipinski definition) is 0. The molecule has 0 heterocycles. The maximum absolute atomic E-state index is 11.0. The molecule has 2 nitrogen and oxygen atoms in total. The summed E-state index contributed by atoms with van der Waals surface area (Å²) in [6.45, 7) is 6.04. The molecule has 0 bridgehead atoms. The zero-order valence-electron chi connectivity index (χ0n) is 11.5. The van der Waals surface area contributed by atoms with Crippen LogP contribution in [0.15, 0.2) is 36.4 Å². The maximum atomic E-state index is 11.0. The first kappa shape index (κ1) is 13.3. The smallest absolute Gasteiger partial charge is 0.0715 e. The van der Waals surface area contributed by atoms with Gasteiger partial charge < -0.3 is 9.90 Å². The molecule has 0 spiro atoms. The van der Waals surface area contributed by atoms with Gasteiger partial charge in [-0.3, -0.25) is 0 Å². The van der Waals surface area contributed by atoms with Crippen LogP contribution < -0.4 is 5.11 Å². The minimum absolute atomic E-state index is 0.249. The van der Waals surface area contributed by atoms with E-state index < -0.39 is 5.97 Å². The van der Waals surface area contributed by atoms with Crippen molar-refractivity contribution >= 4 is 5.97 Å². The third kappa shape index (κ3) is 3.44. The van der Waals surface area contributed by atoms with Gasteiger partial charge in [0.05, 0.1) is 5.97 Å². The van der Waals surface area contributed by atoms with Crippen LogP contribution in [-0.4, -0.2) is 5.97 Å². The number of carbonyl (C=O) groups excluding carboxylic acids is 1. The first-order valence-corrected chi connectivity index (χ1v) is 6.33. The minimum atomic E-state index is -1.12. The number of carbonyl (C=O) groups is 1. The molecule has 0 unspecified atom stereocenters. The van der Waals surface area contributed by atoms with Crippen molar-refractivity contribution in [3.8, 4) is 0 Å². The molecule has 0 aliphatic carbocycles. The highest BCUT2D eigenvalue weighted by atomic mass is 16.4. The van der Waals surface area contributed by atoms with Crippen molar-refractivity contribution in [3.05, 3.63) is 69.8 Å². The van der Waals surface area contributed by atoms with E-state index in [1.807, 2.05) is 13.0 Å². The Morgan fingerprint density at radius 1 is 0.842 bits per heavy atom. The second kappa shape index (κ2) is 5.27. The molecule has 0 saturated heterocycles. The second-order valence-corrected chi connectivity index (χ2v) is 5.17. The molecule has 0 fully saturated rings. The Labute approximate surface area is 113 Å². The average Bonchev–Trinajstić information content (AvgIpc) is 2.26. The fourth-order valence-corrected chi connectivity index (χ4v) is 2.49. The Morgan fingerprint density at radius 3 is 1.84 bits per heavy atom. The highest BCUT2D eigenvalue weighted by Crippen LogP contribution is 2.16. The third-order valence-corrected chi connectivity index (χ3v) is 3.06. The SMILES string of the molecule is Cc1cc(C)cc(Cc2cc(C)cc(C(=O)[O-])c2)c1. The van der Waals surface area contributed by atoms with E-state index in [1.54, 1.807) is 12.1 Å². The predicted molar refractivity (Wildman–Crippen MR) is 74.2 cm³/mol. The fourth-order valence-electron chi connectivity index (χ4n) is 2.49. The second-order valence-electron chi connectivity index (χ2n) is 5.17. The van der Waals surface area contributed by atoms with Gasteiger partial charge >= 0.3 is 0 Å². The molecule has 98 valence electrons. The van der Waals surface area contributed by atoms with Crippen LogP contribution in [0.4, 0.5) is 0 Å². The monoisotopic (exact) mass is 253 g/mol. The summed E-state index contributed by atoms with van der Waals surface area (Å²) in [4.78, 5) is 11.0. The van der Waals surface area contributed by atoms with Crippen molar-refractivity contribution in [2.45, 2.75) is 27.2 Å². The Hall–Kier alpha value is -2.09. The average molecular weight is 253 g/mol. The highest BCUT2D eigenvalue weighted by Gasteiger charge is 2.02. The summed E-state index contributed by atoms with van der Waals surface area (Å²) in [6.07, 6.45) is 0.741. The lowest BCUT2D eigenvalue weighted by Crippen LogP contribution is -2.22. The molecule has 0 N–H and O–H groups in total. The number of hydrogen-bond acceptors (Lipinski definition) is 2. The van der Waals surface area contributed by atoms with Crippen LogP contribution in [0.1, 0.15) is 38.2 Å². The van der Waals surface area contributed by atoms with Crippen LogP contribution in [-0.2, 0) is 6.42 Å². The van der Waals surface area contributed by atoms with Crippen molar-refractivity contribution in [1.29, 1.82) is 0 Å². The van der Waals surface area contributed by atoms with Gasteiger partial charge in [0.2, 0.25) is 0 Å². The van der Waals surface area contributed by atoms with Gasteiger partial charge in [-0.25, -0.2) is 0 Å². The van der Waals surface area contributed by atoms with Gasteiger partial charge in [0.1, 0.15) is 0 Å². The lowest BCUT2D eigenvalue weighted by Gasteiger charge is -2.10. The fraction of sp³-hybridized carbons (Fsp3) is 0.235. The van der Waals surface area contributed by atoms with Crippen molar-refractivity contribution in [3.63, 3.8) is 0 Å². The van der Waals surface area contributed by atoms with Gasteiger partial charge in [-0.05, 0) is 49.9 Å². The van der Waals surface area contributed by atoms with Crippen LogP contribution in [0.3, 0.4) is 0 Å². The summed E-state index contributed by atoms with van der Waals surface area (Å²) < 4.78 is 0. The van der Waals surface area contributed by atoms with Gasteiger partial charge in [-0.1, -0.05) is 47.0 Å². The Morgan fingerprint density at radius 2 is 1.32 bits per heavy atom.